The van der Waals surface area contributed by atoms with Crippen LogP contribution >= 0.6 is 27.3 Å². The van der Waals surface area contributed by atoms with Crippen LogP contribution in [0.2, 0.25) is 0 Å². The van der Waals surface area contributed by atoms with E-state index in [0.29, 0.717) is 5.56 Å². The zero-order valence-electron chi connectivity index (χ0n) is 12.5. The van der Waals surface area contributed by atoms with Gasteiger partial charge in [0.2, 0.25) is 0 Å². The van der Waals surface area contributed by atoms with Gasteiger partial charge in [0.15, 0.2) is 0 Å². The lowest BCUT2D eigenvalue weighted by Crippen LogP contribution is -2.48. The van der Waals surface area contributed by atoms with Gasteiger partial charge in [-0.25, -0.2) is 0 Å². The molecule has 4 nitrogen and oxygen atoms in total. The third-order valence-corrected chi connectivity index (χ3v) is 5.47. The Kier molecular flexibility index (Phi) is 5.11. The standard InChI is InChI=1S/C17H16BrN3OS/c18-16-9-15(12-23-16)17(22)21-7-5-20(6-8-21)11-14-3-1-13(10-19)2-4-14/h1-4,9,12H,5-8,11H2. The molecule has 118 valence electrons. The Morgan fingerprint density at radius 2 is 1.91 bits per heavy atom. The molecule has 1 aliphatic heterocycles. The maximum Gasteiger partial charge on any atom is 0.254 e. The van der Waals surface area contributed by atoms with E-state index < -0.39 is 0 Å². The molecule has 2 aromatic rings. The molecule has 1 saturated heterocycles. The van der Waals surface area contributed by atoms with E-state index in [4.69, 9.17) is 5.26 Å². The van der Waals surface area contributed by atoms with Crippen molar-refractivity contribution >= 4 is 33.2 Å². The summed E-state index contributed by atoms with van der Waals surface area (Å²) in [5.74, 6) is 0.116. The molecule has 1 aromatic carbocycles. The fourth-order valence-corrected chi connectivity index (χ4v) is 3.79. The van der Waals surface area contributed by atoms with Gasteiger partial charge in [0, 0.05) is 38.1 Å². The fourth-order valence-electron chi connectivity index (χ4n) is 2.66. The molecule has 0 bridgehead atoms. The summed E-state index contributed by atoms with van der Waals surface area (Å²) in [5, 5.41) is 10.7. The van der Waals surface area contributed by atoms with E-state index in [2.05, 4.69) is 26.9 Å². The lowest BCUT2D eigenvalue weighted by atomic mass is 10.1. The highest BCUT2D eigenvalue weighted by Crippen LogP contribution is 2.22. The third kappa shape index (κ3) is 3.99. The zero-order chi connectivity index (χ0) is 16.2. The molecule has 23 heavy (non-hydrogen) atoms. The molecule has 0 N–H and O–H groups in total. The summed E-state index contributed by atoms with van der Waals surface area (Å²) in [6.45, 7) is 4.11. The number of hydrogen-bond acceptors (Lipinski definition) is 4. The number of carbonyl (C=O) groups excluding carboxylic acids is 1. The van der Waals surface area contributed by atoms with Crippen molar-refractivity contribution in [2.24, 2.45) is 0 Å². The molecule has 1 aromatic heterocycles. The second-order valence-electron chi connectivity index (χ2n) is 5.52. The first-order chi connectivity index (χ1) is 11.2. The Balaban J connectivity index is 1.53. The van der Waals surface area contributed by atoms with Gasteiger partial charge in [-0.3, -0.25) is 9.69 Å². The number of piperazine rings is 1. The Morgan fingerprint density at radius 3 is 2.48 bits per heavy atom. The number of nitrogens with zero attached hydrogens (tertiary/aromatic N) is 3. The molecule has 0 unspecified atom stereocenters. The number of rotatable bonds is 3. The fraction of sp³-hybridized carbons (Fsp3) is 0.294. The van der Waals surface area contributed by atoms with Crippen LogP contribution in [-0.2, 0) is 6.54 Å². The minimum absolute atomic E-state index is 0.116. The quantitative estimate of drug-likeness (QED) is 0.808. The maximum absolute atomic E-state index is 12.4. The Labute approximate surface area is 148 Å². The van der Waals surface area contributed by atoms with Crippen LogP contribution in [0.15, 0.2) is 39.5 Å². The van der Waals surface area contributed by atoms with Crippen molar-refractivity contribution in [1.82, 2.24) is 9.80 Å². The van der Waals surface area contributed by atoms with Crippen LogP contribution in [0.5, 0.6) is 0 Å². The molecule has 0 aliphatic carbocycles. The normalized spacial score (nSPS) is 15.4. The average molecular weight is 390 g/mol. The van der Waals surface area contributed by atoms with Gasteiger partial charge in [-0.1, -0.05) is 12.1 Å². The first-order valence-electron chi connectivity index (χ1n) is 7.40. The van der Waals surface area contributed by atoms with Gasteiger partial charge in [-0.05, 0) is 39.7 Å². The predicted molar refractivity (Wildman–Crippen MR) is 94.4 cm³/mol. The Bertz CT molecular complexity index is 727. The van der Waals surface area contributed by atoms with Crippen LogP contribution < -0.4 is 0 Å². The van der Waals surface area contributed by atoms with E-state index >= 15 is 0 Å². The molecule has 1 fully saturated rings. The number of thiophene rings is 1. The first kappa shape index (κ1) is 16.2. The van der Waals surface area contributed by atoms with Gasteiger partial charge in [0.25, 0.3) is 5.91 Å². The minimum atomic E-state index is 0.116. The molecule has 1 amide bonds. The summed E-state index contributed by atoms with van der Waals surface area (Å²) < 4.78 is 0.986. The van der Waals surface area contributed by atoms with Crippen LogP contribution in [0.3, 0.4) is 0 Å². The summed E-state index contributed by atoms with van der Waals surface area (Å²) in [6.07, 6.45) is 0. The molecule has 0 radical (unpaired) electrons. The Hall–Kier alpha value is -1.68. The van der Waals surface area contributed by atoms with Crippen molar-refractivity contribution in [3.8, 4) is 6.07 Å². The van der Waals surface area contributed by atoms with Crippen molar-refractivity contribution in [2.75, 3.05) is 26.2 Å². The number of halogens is 1. The summed E-state index contributed by atoms with van der Waals surface area (Å²) in [7, 11) is 0. The Morgan fingerprint density at radius 1 is 1.22 bits per heavy atom. The molecule has 2 heterocycles. The molecule has 0 saturated carbocycles. The number of nitriles is 1. The number of carbonyl (C=O) groups is 1. The number of benzene rings is 1. The second kappa shape index (κ2) is 7.26. The molecular weight excluding hydrogens is 374 g/mol. The van der Waals surface area contributed by atoms with Crippen LogP contribution in [-0.4, -0.2) is 41.9 Å². The van der Waals surface area contributed by atoms with Gasteiger partial charge in [0.05, 0.1) is 21.0 Å². The monoisotopic (exact) mass is 389 g/mol. The van der Waals surface area contributed by atoms with Crippen LogP contribution in [0, 0.1) is 11.3 Å². The van der Waals surface area contributed by atoms with Crippen LogP contribution in [0.1, 0.15) is 21.5 Å². The minimum Gasteiger partial charge on any atom is -0.336 e. The van der Waals surface area contributed by atoms with Crippen molar-refractivity contribution in [2.45, 2.75) is 6.54 Å². The SMILES string of the molecule is N#Cc1ccc(CN2CCN(C(=O)c3csc(Br)c3)CC2)cc1. The van der Waals surface area contributed by atoms with E-state index in [1.54, 1.807) is 0 Å². The van der Waals surface area contributed by atoms with Crippen molar-refractivity contribution in [3.63, 3.8) is 0 Å². The second-order valence-corrected chi connectivity index (χ2v) is 7.81. The van der Waals surface area contributed by atoms with Gasteiger partial charge in [-0.2, -0.15) is 5.26 Å². The van der Waals surface area contributed by atoms with Gasteiger partial charge in [-0.15, -0.1) is 11.3 Å². The molecule has 3 rings (SSSR count). The van der Waals surface area contributed by atoms with E-state index in [0.717, 1.165) is 42.1 Å². The smallest absolute Gasteiger partial charge is 0.254 e. The predicted octanol–water partition coefficient (Wildman–Crippen LogP) is 3.34. The van der Waals surface area contributed by atoms with Crippen LogP contribution in [0.25, 0.3) is 0 Å². The zero-order valence-corrected chi connectivity index (χ0v) is 14.9. The lowest BCUT2D eigenvalue weighted by Gasteiger charge is -2.34. The lowest BCUT2D eigenvalue weighted by molar-refractivity contribution is 0.0629. The molecule has 6 heteroatoms. The molecule has 0 atom stereocenters. The van der Waals surface area contributed by atoms with E-state index in [1.807, 2.05) is 40.6 Å². The summed E-state index contributed by atoms with van der Waals surface area (Å²) in [5.41, 5.74) is 2.65. The topological polar surface area (TPSA) is 47.3 Å². The largest absolute Gasteiger partial charge is 0.336 e. The summed E-state index contributed by atoms with van der Waals surface area (Å²) >= 11 is 4.94. The third-order valence-electron chi connectivity index (χ3n) is 3.96. The first-order valence-corrected chi connectivity index (χ1v) is 9.07. The summed E-state index contributed by atoms with van der Waals surface area (Å²) in [6, 6.07) is 11.7. The molecule has 1 aliphatic rings. The van der Waals surface area contributed by atoms with Crippen LogP contribution in [0.4, 0.5) is 0 Å². The summed E-state index contributed by atoms with van der Waals surface area (Å²) in [4.78, 5) is 16.7. The highest BCUT2D eigenvalue weighted by atomic mass is 79.9. The highest BCUT2D eigenvalue weighted by molar-refractivity contribution is 9.11. The number of amides is 1. The molecular formula is C17H16BrN3OS. The maximum atomic E-state index is 12.4. The van der Waals surface area contributed by atoms with Crippen molar-refractivity contribution in [3.05, 3.63) is 56.2 Å². The van der Waals surface area contributed by atoms with Crippen molar-refractivity contribution in [1.29, 1.82) is 5.26 Å². The van der Waals surface area contributed by atoms with Gasteiger partial charge < -0.3 is 4.90 Å². The van der Waals surface area contributed by atoms with E-state index in [9.17, 15) is 4.79 Å². The van der Waals surface area contributed by atoms with E-state index in [-0.39, 0.29) is 5.91 Å². The average Bonchev–Trinajstić information content (AvgIpc) is 3.02. The van der Waals surface area contributed by atoms with Crippen molar-refractivity contribution < 1.29 is 4.79 Å². The molecule has 0 spiro atoms. The van der Waals surface area contributed by atoms with Gasteiger partial charge in [0.1, 0.15) is 0 Å². The highest BCUT2D eigenvalue weighted by Gasteiger charge is 2.22. The van der Waals surface area contributed by atoms with Gasteiger partial charge >= 0.3 is 0 Å². The van der Waals surface area contributed by atoms with E-state index in [1.165, 1.54) is 16.9 Å². The number of hydrogen-bond donors (Lipinski definition) is 0.